The van der Waals surface area contributed by atoms with Gasteiger partial charge in [0.1, 0.15) is 5.75 Å². The molecule has 1 aliphatic rings. The summed E-state index contributed by atoms with van der Waals surface area (Å²) in [4.78, 5) is 0. The van der Waals surface area contributed by atoms with E-state index in [4.69, 9.17) is 9.47 Å². The SMILES string of the molecule is COC[C@@H](O)CN[C@@H]1CCCOc2c(C)cc(C(C)(C)C)cc21. The third-order valence-corrected chi connectivity index (χ3v) is 4.39. The van der Waals surface area contributed by atoms with E-state index >= 15 is 0 Å². The van der Waals surface area contributed by atoms with Crippen molar-refractivity contribution >= 4 is 0 Å². The summed E-state index contributed by atoms with van der Waals surface area (Å²) >= 11 is 0. The molecule has 1 aliphatic heterocycles. The van der Waals surface area contributed by atoms with Gasteiger partial charge in [0.2, 0.25) is 0 Å². The summed E-state index contributed by atoms with van der Waals surface area (Å²) in [6.07, 6.45) is 1.54. The second-order valence-electron chi connectivity index (χ2n) is 7.52. The lowest BCUT2D eigenvalue weighted by molar-refractivity contribution is 0.0625. The van der Waals surface area contributed by atoms with Crippen LogP contribution >= 0.6 is 0 Å². The Balaban J connectivity index is 2.28. The highest BCUT2D eigenvalue weighted by Crippen LogP contribution is 2.38. The molecule has 4 heteroatoms. The van der Waals surface area contributed by atoms with Crippen LogP contribution in [-0.2, 0) is 10.2 Å². The molecular formula is C19H31NO3. The van der Waals surface area contributed by atoms with Crippen LogP contribution in [0.1, 0.15) is 56.3 Å². The van der Waals surface area contributed by atoms with Crippen LogP contribution in [0, 0.1) is 6.92 Å². The molecule has 0 spiro atoms. The van der Waals surface area contributed by atoms with Crippen molar-refractivity contribution in [1.29, 1.82) is 0 Å². The van der Waals surface area contributed by atoms with Crippen molar-refractivity contribution in [3.63, 3.8) is 0 Å². The second kappa shape index (κ2) is 7.65. The molecule has 0 amide bonds. The van der Waals surface area contributed by atoms with Crippen molar-refractivity contribution in [2.45, 2.75) is 58.1 Å². The highest BCUT2D eigenvalue weighted by molar-refractivity contribution is 5.48. The Morgan fingerprint density at radius 1 is 1.39 bits per heavy atom. The largest absolute Gasteiger partial charge is 0.493 e. The van der Waals surface area contributed by atoms with Gasteiger partial charge in [0, 0.05) is 25.3 Å². The fourth-order valence-electron chi connectivity index (χ4n) is 3.05. The van der Waals surface area contributed by atoms with Crippen LogP contribution in [-0.4, -0.2) is 38.1 Å². The van der Waals surface area contributed by atoms with E-state index in [0.717, 1.165) is 25.2 Å². The fourth-order valence-corrected chi connectivity index (χ4v) is 3.05. The molecule has 0 saturated heterocycles. The van der Waals surface area contributed by atoms with Gasteiger partial charge in [0.15, 0.2) is 0 Å². The molecule has 1 aromatic rings. The van der Waals surface area contributed by atoms with Crippen molar-refractivity contribution in [2.75, 3.05) is 26.9 Å². The standard InChI is InChI=1S/C19H31NO3/c1-13-9-14(19(2,3)4)10-16-17(7-6-8-23-18(13)16)20-11-15(21)12-22-5/h9-10,15,17,20-21H,6-8,11-12H2,1-5H3/t15-,17+/m0/s1. The van der Waals surface area contributed by atoms with Gasteiger partial charge in [-0.15, -0.1) is 0 Å². The van der Waals surface area contributed by atoms with Gasteiger partial charge in [-0.3, -0.25) is 0 Å². The zero-order chi connectivity index (χ0) is 17.0. The lowest BCUT2D eigenvalue weighted by Crippen LogP contribution is -2.33. The maximum Gasteiger partial charge on any atom is 0.126 e. The number of aliphatic hydroxyl groups is 1. The van der Waals surface area contributed by atoms with Crippen LogP contribution < -0.4 is 10.1 Å². The van der Waals surface area contributed by atoms with E-state index in [-0.39, 0.29) is 11.5 Å². The Bertz CT molecular complexity index is 522. The van der Waals surface area contributed by atoms with Gasteiger partial charge in [-0.05, 0) is 42.4 Å². The van der Waals surface area contributed by atoms with E-state index < -0.39 is 6.10 Å². The molecular weight excluding hydrogens is 290 g/mol. The molecule has 2 rings (SSSR count). The van der Waals surface area contributed by atoms with Gasteiger partial charge < -0.3 is 19.9 Å². The lowest BCUT2D eigenvalue weighted by Gasteiger charge is -2.26. The summed E-state index contributed by atoms with van der Waals surface area (Å²) in [5, 5.41) is 13.4. The lowest BCUT2D eigenvalue weighted by atomic mass is 9.83. The highest BCUT2D eigenvalue weighted by Gasteiger charge is 2.25. The molecule has 0 fully saturated rings. The summed E-state index contributed by atoms with van der Waals surface area (Å²) < 4.78 is 11.0. The summed E-state index contributed by atoms with van der Waals surface area (Å²) in [6, 6.07) is 4.72. The molecule has 2 N–H and O–H groups in total. The average Bonchev–Trinajstić information content (AvgIpc) is 2.67. The number of nitrogens with one attached hydrogen (secondary N) is 1. The van der Waals surface area contributed by atoms with E-state index in [1.54, 1.807) is 7.11 Å². The van der Waals surface area contributed by atoms with Gasteiger partial charge >= 0.3 is 0 Å². The maximum atomic E-state index is 9.92. The van der Waals surface area contributed by atoms with E-state index in [9.17, 15) is 5.11 Å². The molecule has 2 atom stereocenters. The van der Waals surface area contributed by atoms with Crippen LogP contribution in [0.4, 0.5) is 0 Å². The quantitative estimate of drug-likeness (QED) is 0.875. The first-order chi connectivity index (χ1) is 10.8. The second-order valence-corrected chi connectivity index (χ2v) is 7.52. The number of methoxy groups -OCH3 is 1. The van der Waals surface area contributed by atoms with Crippen LogP contribution in [0.5, 0.6) is 5.75 Å². The van der Waals surface area contributed by atoms with E-state index in [1.807, 2.05) is 0 Å². The Hall–Kier alpha value is -1.10. The molecule has 0 saturated carbocycles. The van der Waals surface area contributed by atoms with Crippen LogP contribution in [0.15, 0.2) is 12.1 Å². The first-order valence-electron chi connectivity index (χ1n) is 8.51. The molecule has 130 valence electrons. The third kappa shape index (κ3) is 4.69. The van der Waals surface area contributed by atoms with Gasteiger partial charge in [0.25, 0.3) is 0 Å². The van der Waals surface area contributed by atoms with E-state index in [1.165, 1.54) is 16.7 Å². The first-order valence-corrected chi connectivity index (χ1v) is 8.51. The Morgan fingerprint density at radius 2 is 2.13 bits per heavy atom. The van der Waals surface area contributed by atoms with Crippen LogP contribution in [0.25, 0.3) is 0 Å². The van der Waals surface area contributed by atoms with E-state index in [0.29, 0.717) is 13.2 Å². The average molecular weight is 321 g/mol. The fraction of sp³-hybridized carbons (Fsp3) is 0.684. The molecule has 1 heterocycles. The Morgan fingerprint density at radius 3 is 2.78 bits per heavy atom. The summed E-state index contributed by atoms with van der Waals surface area (Å²) in [5.41, 5.74) is 3.84. The molecule has 0 aromatic heterocycles. The van der Waals surface area contributed by atoms with Crippen LogP contribution in [0.2, 0.25) is 0 Å². The monoisotopic (exact) mass is 321 g/mol. The number of hydrogen-bond donors (Lipinski definition) is 2. The summed E-state index contributed by atoms with van der Waals surface area (Å²) in [6.45, 7) is 10.4. The zero-order valence-corrected chi connectivity index (χ0v) is 15.1. The number of hydrogen-bond acceptors (Lipinski definition) is 4. The normalized spacial score (nSPS) is 19.7. The van der Waals surface area contributed by atoms with Gasteiger partial charge in [-0.1, -0.05) is 26.8 Å². The molecule has 0 radical (unpaired) electrons. The highest BCUT2D eigenvalue weighted by atomic mass is 16.5. The van der Waals surface area contributed by atoms with E-state index in [2.05, 4.69) is 45.1 Å². The first kappa shape index (κ1) is 18.2. The number of fused-ring (bicyclic) bond motifs is 1. The predicted molar refractivity (Wildman–Crippen MR) is 93.2 cm³/mol. The van der Waals surface area contributed by atoms with Crippen molar-refractivity contribution in [2.24, 2.45) is 0 Å². The molecule has 4 nitrogen and oxygen atoms in total. The van der Waals surface area contributed by atoms with Crippen molar-refractivity contribution in [3.8, 4) is 5.75 Å². The maximum absolute atomic E-state index is 9.92. The van der Waals surface area contributed by atoms with Crippen molar-refractivity contribution < 1.29 is 14.6 Å². The number of aryl methyl sites for hydroxylation is 1. The molecule has 0 aliphatic carbocycles. The Labute approximate surface area is 140 Å². The van der Waals surface area contributed by atoms with Crippen LogP contribution in [0.3, 0.4) is 0 Å². The molecule has 0 bridgehead atoms. The minimum absolute atomic E-state index is 0.103. The minimum atomic E-state index is -0.487. The summed E-state index contributed by atoms with van der Waals surface area (Å²) in [7, 11) is 1.61. The van der Waals surface area contributed by atoms with Crippen molar-refractivity contribution in [1.82, 2.24) is 5.32 Å². The smallest absolute Gasteiger partial charge is 0.126 e. The zero-order valence-electron chi connectivity index (χ0n) is 15.1. The predicted octanol–water partition coefficient (Wildman–Crippen LogP) is 3.10. The number of benzene rings is 1. The molecule has 23 heavy (non-hydrogen) atoms. The van der Waals surface area contributed by atoms with Gasteiger partial charge in [-0.2, -0.15) is 0 Å². The topological polar surface area (TPSA) is 50.7 Å². The third-order valence-electron chi connectivity index (χ3n) is 4.39. The van der Waals surface area contributed by atoms with Gasteiger partial charge in [-0.25, -0.2) is 0 Å². The minimum Gasteiger partial charge on any atom is -0.493 e. The molecule has 0 unspecified atom stereocenters. The Kier molecular flexibility index (Phi) is 6.06. The number of rotatable bonds is 5. The number of ether oxygens (including phenoxy) is 2. The summed E-state index contributed by atoms with van der Waals surface area (Å²) in [5.74, 6) is 1.01. The van der Waals surface area contributed by atoms with Gasteiger partial charge in [0.05, 0.1) is 19.3 Å². The number of aliphatic hydroxyl groups excluding tert-OH is 1. The van der Waals surface area contributed by atoms with Crippen molar-refractivity contribution in [3.05, 3.63) is 28.8 Å². The molecule has 1 aromatic carbocycles.